The summed E-state index contributed by atoms with van der Waals surface area (Å²) >= 11 is 0. The lowest BCUT2D eigenvalue weighted by Gasteiger charge is -2.11. The van der Waals surface area contributed by atoms with E-state index in [9.17, 15) is 13.2 Å². The molecule has 0 saturated heterocycles. The maximum Gasteiger partial charge on any atom is 0.240 e. The van der Waals surface area contributed by atoms with E-state index in [0.29, 0.717) is 5.56 Å². The number of rotatable bonds is 5. The molecule has 1 rings (SSSR count). The average Bonchev–Trinajstić information content (AvgIpc) is 2.26. The highest BCUT2D eigenvalue weighted by Crippen LogP contribution is 2.15. The summed E-state index contributed by atoms with van der Waals surface area (Å²) < 4.78 is 26.4. The zero-order chi connectivity index (χ0) is 13.9. The van der Waals surface area contributed by atoms with Crippen LogP contribution >= 0.6 is 0 Å². The predicted octanol–water partition coefficient (Wildman–Crippen LogP) is 2.21. The highest BCUT2D eigenvalue weighted by molar-refractivity contribution is 7.89. The van der Waals surface area contributed by atoms with Crippen molar-refractivity contribution < 1.29 is 13.2 Å². The van der Waals surface area contributed by atoms with Crippen LogP contribution in [0.5, 0.6) is 0 Å². The second-order valence-corrected chi connectivity index (χ2v) is 6.54. The Morgan fingerprint density at radius 3 is 2.28 bits per heavy atom. The molecule has 100 valence electrons. The summed E-state index contributed by atoms with van der Waals surface area (Å²) in [5.41, 5.74) is 0.427. The minimum absolute atomic E-state index is 0.0587. The van der Waals surface area contributed by atoms with Gasteiger partial charge < -0.3 is 0 Å². The van der Waals surface area contributed by atoms with Crippen LogP contribution in [0.25, 0.3) is 0 Å². The van der Waals surface area contributed by atoms with Crippen LogP contribution in [0.3, 0.4) is 0 Å². The lowest BCUT2D eigenvalue weighted by atomic mass is 10.0. The molecule has 0 bridgehead atoms. The van der Waals surface area contributed by atoms with Crippen LogP contribution in [-0.2, 0) is 10.0 Å². The fraction of sp³-hybridized carbons (Fsp3) is 0.462. The first kappa shape index (κ1) is 14.9. The molecule has 0 aromatic heterocycles. The largest absolute Gasteiger partial charge is 0.294 e. The zero-order valence-electron chi connectivity index (χ0n) is 11.1. The zero-order valence-corrected chi connectivity index (χ0v) is 11.9. The van der Waals surface area contributed by atoms with Gasteiger partial charge in [0.1, 0.15) is 0 Å². The smallest absolute Gasteiger partial charge is 0.240 e. The van der Waals surface area contributed by atoms with E-state index < -0.39 is 10.0 Å². The third-order valence-corrected chi connectivity index (χ3v) is 4.00. The van der Waals surface area contributed by atoms with Gasteiger partial charge in [-0.3, -0.25) is 4.79 Å². The van der Waals surface area contributed by atoms with Gasteiger partial charge in [-0.15, -0.1) is 0 Å². The third kappa shape index (κ3) is 3.65. The molecule has 0 saturated carbocycles. The van der Waals surface area contributed by atoms with Crippen molar-refractivity contribution in [1.82, 2.24) is 4.72 Å². The number of benzene rings is 1. The van der Waals surface area contributed by atoms with Crippen molar-refractivity contribution in [2.24, 2.45) is 5.92 Å². The third-order valence-electron chi connectivity index (χ3n) is 2.34. The lowest BCUT2D eigenvalue weighted by molar-refractivity contribution is 0.0939. The Balaban J connectivity index is 3.13. The van der Waals surface area contributed by atoms with Crippen molar-refractivity contribution in [2.45, 2.75) is 38.6 Å². The molecule has 0 aliphatic rings. The first-order valence-electron chi connectivity index (χ1n) is 5.90. The van der Waals surface area contributed by atoms with Crippen molar-refractivity contribution in [3.8, 4) is 0 Å². The number of nitrogens with one attached hydrogen (secondary N) is 1. The van der Waals surface area contributed by atoms with Crippen LogP contribution in [0.1, 0.15) is 38.1 Å². The van der Waals surface area contributed by atoms with E-state index in [-0.39, 0.29) is 22.6 Å². The quantitative estimate of drug-likeness (QED) is 0.834. The van der Waals surface area contributed by atoms with Gasteiger partial charge in [-0.1, -0.05) is 26.0 Å². The van der Waals surface area contributed by atoms with Crippen LogP contribution in [0.4, 0.5) is 0 Å². The Labute approximate surface area is 108 Å². The summed E-state index contributed by atoms with van der Waals surface area (Å²) in [6, 6.07) is 5.95. The average molecular weight is 269 g/mol. The van der Waals surface area contributed by atoms with Crippen molar-refractivity contribution in [3.63, 3.8) is 0 Å². The fourth-order valence-corrected chi connectivity index (χ4v) is 2.82. The molecule has 4 nitrogen and oxygen atoms in total. The maximum atomic E-state index is 12.0. The molecule has 0 spiro atoms. The summed E-state index contributed by atoms with van der Waals surface area (Å²) in [6.07, 6.45) is 0. The van der Waals surface area contributed by atoms with Gasteiger partial charge in [0.05, 0.1) is 4.90 Å². The van der Waals surface area contributed by atoms with E-state index in [1.165, 1.54) is 12.1 Å². The van der Waals surface area contributed by atoms with Crippen LogP contribution in [0, 0.1) is 5.92 Å². The predicted molar refractivity (Wildman–Crippen MR) is 71.1 cm³/mol. The molecule has 1 aromatic carbocycles. The molecule has 0 unspecified atom stereocenters. The van der Waals surface area contributed by atoms with Gasteiger partial charge in [0.15, 0.2) is 5.78 Å². The van der Waals surface area contributed by atoms with Crippen molar-refractivity contribution in [1.29, 1.82) is 0 Å². The number of hydrogen-bond acceptors (Lipinski definition) is 3. The van der Waals surface area contributed by atoms with Crippen LogP contribution in [0.2, 0.25) is 0 Å². The monoisotopic (exact) mass is 269 g/mol. The van der Waals surface area contributed by atoms with Gasteiger partial charge >= 0.3 is 0 Å². The van der Waals surface area contributed by atoms with Crippen molar-refractivity contribution >= 4 is 15.8 Å². The molecule has 0 fully saturated rings. The molecule has 1 N–H and O–H groups in total. The molecular formula is C13H19NO3S. The van der Waals surface area contributed by atoms with Gasteiger partial charge in [-0.25, -0.2) is 13.1 Å². The van der Waals surface area contributed by atoms with Gasteiger partial charge in [0, 0.05) is 17.5 Å². The highest BCUT2D eigenvalue weighted by Gasteiger charge is 2.18. The molecule has 5 heteroatoms. The molecule has 0 aliphatic heterocycles. The van der Waals surface area contributed by atoms with Gasteiger partial charge in [0.25, 0.3) is 0 Å². The molecule has 18 heavy (non-hydrogen) atoms. The molecule has 1 aromatic rings. The summed E-state index contributed by atoms with van der Waals surface area (Å²) in [6.45, 7) is 7.08. The Bertz CT molecular complexity index is 533. The summed E-state index contributed by atoms with van der Waals surface area (Å²) in [4.78, 5) is 12.0. The number of sulfonamides is 1. The van der Waals surface area contributed by atoms with Gasteiger partial charge in [-0.05, 0) is 26.0 Å². The number of ketones is 1. The second kappa shape index (κ2) is 5.63. The Kier molecular flexibility index (Phi) is 4.65. The molecule has 0 atom stereocenters. The summed E-state index contributed by atoms with van der Waals surface area (Å²) in [5.74, 6) is -0.211. The minimum atomic E-state index is -3.54. The van der Waals surface area contributed by atoms with Gasteiger partial charge in [0.2, 0.25) is 10.0 Å². The summed E-state index contributed by atoms with van der Waals surface area (Å²) in [7, 11) is -3.54. The first-order valence-corrected chi connectivity index (χ1v) is 7.39. The summed E-state index contributed by atoms with van der Waals surface area (Å²) in [5, 5.41) is 0. The number of carbonyl (C=O) groups is 1. The van der Waals surface area contributed by atoms with E-state index in [4.69, 9.17) is 0 Å². The first-order chi connectivity index (χ1) is 8.24. The van der Waals surface area contributed by atoms with E-state index in [2.05, 4.69) is 4.72 Å². The van der Waals surface area contributed by atoms with Crippen LogP contribution in [0.15, 0.2) is 29.2 Å². The molecule has 0 heterocycles. The normalized spacial score (nSPS) is 12.1. The fourth-order valence-electron chi connectivity index (χ4n) is 1.53. The SMILES string of the molecule is CC(C)NS(=O)(=O)c1cccc(C(=O)C(C)C)c1. The van der Waals surface area contributed by atoms with Gasteiger partial charge in [-0.2, -0.15) is 0 Å². The number of carbonyl (C=O) groups excluding carboxylic acids is 1. The van der Waals surface area contributed by atoms with E-state index in [1.54, 1.807) is 39.8 Å². The molecular weight excluding hydrogens is 250 g/mol. The second-order valence-electron chi connectivity index (χ2n) is 4.82. The maximum absolute atomic E-state index is 12.0. The lowest BCUT2D eigenvalue weighted by Crippen LogP contribution is -2.30. The number of hydrogen-bond donors (Lipinski definition) is 1. The van der Waals surface area contributed by atoms with Crippen LogP contribution in [-0.4, -0.2) is 20.2 Å². The van der Waals surface area contributed by atoms with E-state index in [1.807, 2.05) is 0 Å². The Morgan fingerprint density at radius 1 is 1.17 bits per heavy atom. The number of Topliss-reactive ketones (excluding diaryl/α,β-unsaturated/α-hetero) is 1. The van der Waals surface area contributed by atoms with E-state index in [0.717, 1.165) is 0 Å². The molecule has 0 aliphatic carbocycles. The van der Waals surface area contributed by atoms with Crippen molar-refractivity contribution in [2.75, 3.05) is 0 Å². The topological polar surface area (TPSA) is 63.2 Å². The standard InChI is InChI=1S/C13H19NO3S/c1-9(2)13(15)11-6-5-7-12(8-11)18(16,17)14-10(3)4/h5-10,14H,1-4H3. The Hall–Kier alpha value is -1.20. The van der Waals surface area contributed by atoms with Crippen molar-refractivity contribution in [3.05, 3.63) is 29.8 Å². The van der Waals surface area contributed by atoms with E-state index >= 15 is 0 Å². The minimum Gasteiger partial charge on any atom is -0.294 e. The molecule has 0 amide bonds. The molecule has 0 radical (unpaired) electrons. The Morgan fingerprint density at radius 2 is 1.78 bits per heavy atom. The van der Waals surface area contributed by atoms with Crippen LogP contribution < -0.4 is 4.72 Å². The highest BCUT2D eigenvalue weighted by atomic mass is 32.2.